The molecule has 1 aliphatic rings. The number of para-hydroxylation sites is 1. The number of hydrogen-bond acceptors (Lipinski definition) is 4. The number of methoxy groups -OCH3 is 2. The molecule has 1 aliphatic heterocycles. The molecule has 0 amide bonds. The van der Waals surface area contributed by atoms with Gasteiger partial charge in [-0.1, -0.05) is 30.3 Å². The zero-order chi connectivity index (χ0) is 17.9. The van der Waals surface area contributed by atoms with Crippen LogP contribution in [-0.4, -0.2) is 20.1 Å². The van der Waals surface area contributed by atoms with Gasteiger partial charge in [0, 0.05) is 11.1 Å². The highest BCUT2D eigenvalue weighted by Crippen LogP contribution is 2.38. The van der Waals surface area contributed by atoms with E-state index in [1.54, 1.807) is 14.2 Å². The maximum absolute atomic E-state index is 6.30. The van der Waals surface area contributed by atoms with Crippen molar-refractivity contribution in [1.82, 2.24) is 0 Å². The van der Waals surface area contributed by atoms with Crippen LogP contribution in [-0.2, 0) is 4.74 Å². The van der Waals surface area contributed by atoms with E-state index in [1.807, 2.05) is 66.7 Å². The average Bonchev–Trinajstić information content (AvgIpc) is 2.73. The number of benzene rings is 3. The van der Waals surface area contributed by atoms with Crippen molar-refractivity contribution < 1.29 is 14.2 Å². The van der Waals surface area contributed by atoms with Crippen molar-refractivity contribution >= 4 is 11.6 Å². The van der Waals surface area contributed by atoms with Crippen molar-refractivity contribution in [2.45, 2.75) is 6.10 Å². The van der Waals surface area contributed by atoms with Crippen molar-refractivity contribution in [2.75, 3.05) is 14.2 Å². The zero-order valence-electron chi connectivity index (χ0n) is 14.7. The summed E-state index contributed by atoms with van der Waals surface area (Å²) >= 11 is 0. The summed E-state index contributed by atoms with van der Waals surface area (Å²) < 4.78 is 16.8. The summed E-state index contributed by atoms with van der Waals surface area (Å²) in [6, 6.07) is 23.7. The normalized spacial score (nSPS) is 15.5. The van der Waals surface area contributed by atoms with Crippen LogP contribution in [0.4, 0.5) is 5.69 Å². The van der Waals surface area contributed by atoms with E-state index in [9.17, 15) is 0 Å². The van der Waals surface area contributed by atoms with Crippen molar-refractivity contribution in [3.63, 3.8) is 0 Å². The monoisotopic (exact) mass is 345 g/mol. The average molecular weight is 345 g/mol. The minimum absolute atomic E-state index is 0.216. The molecule has 0 radical (unpaired) electrons. The summed E-state index contributed by atoms with van der Waals surface area (Å²) in [6.07, 6.45) is -0.216. The van der Waals surface area contributed by atoms with Gasteiger partial charge < -0.3 is 14.2 Å². The zero-order valence-corrected chi connectivity index (χ0v) is 14.7. The Kier molecular flexibility index (Phi) is 4.32. The lowest BCUT2D eigenvalue weighted by Gasteiger charge is -2.26. The largest absolute Gasteiger partial charge is 0.497 e. The van der Waals surface area contributed by atoms with Gasteiger partial charge in [-0.05, 0) is 48.0 Å². The first-order valence-corrected chi connectivity index (χ1v) is 8.41. The Morgan fingerprint density at radius 3 is 2.04 bits per heavy atom. The molecule has 1 unspecified atom stereocenters. The van der Waals surface area contributed by atoms with Gasteiger partial charge in [-0.15, -0.1) is 0 Å². The standard InChI is InChI=1S/C22H19NO3/c1-24-17-11-7-15(8-12-17)21-19-5-3-4-6-20(19)23-22(26-21)16-9-13-18(25-2)14-10-16/h3-14,21H,1-2H3. The molecule has 0 N–H and O–H groups in total. The minimum atomic E-state index is -0.216. The van der Waals surface area contributed by atoms with Gasteiger partial charge in [-0.3, -0.25) is 0 Å². The molecule has 0 spiro atoms. The first kappa shape index (κ1) is 16.2. The van der Waals surface area contributed by atoms with Gasteiger partial charge in [0.2, 0.25) is 5.90 Å². The summed E-state index contributed by atoms with van der Waals surface area (Å²) in [7, 11) is 3.31. The van der Waals surface area contributed by atoms with Gasteiger partial charge in [-0.2, -0.15) is 0 Å². The second kappa shape index (κ2) is 6.92. The maximum Gasteiger partial charge on any atom is 0.222 e. The van der Waals surface area contributed by atoms with Crippen molar-refractivity contribution in [2.24, 2.45) is 4.99 Å². The highest BCUT2D eigenvalue weighted by atomic mass is 16.5. The second-order valence-electron chi connectivity index (χ2n) is 5.98. The summed E-state index contributed by atoms with van der Waals surface area (Å²) in [5.41, 5.74) is 3.94. The lowest BCUT2D eigenvalue weighted by Crippen LogP contribution is -2.17. The third kappa shape index (κ3) is 3.02. The van der Waals surface area contributed by atoms with E-state index < -0.39 is 0 Å². The SMILES string of the molecule is COc1ccc(C2=Nc3ccccc3C(c3ccc(OC)cc3)O2)cc1. The third-order valence-electron chi connectivity index (χ3n) is 4.43. The molecule has 130 valence electrons. The Morgan fingerprint density at radius 1 is 0.769 bits per heavy atom. The fourth-order valence-corrected chi connectivity index (χ4v) is 3.01. The molecule has 0 bridgehead atoms. The molecule has 1 heterocycles. The van der Waals surface area contributed by atoms with Crippen LogP contribution >= 0.6 is 0 Å². The Labute approximate surface area is 152 Å². The fraction of sp³-hybridized carbons (Fsp3) is 0.136. The molecule has 1 atom stereocenters. The van der Waals surface area contributed by atoms with Crippen LogP contribution in [0.15, 0.2) is 77.8 Å². The molecule has 3 aromatic carbocycles. The van der Waals surface area contributed by atoms with Crippen molar-refractivity contribution in [3.05, 3.63) is 89.5 Å². The summed E-state index contributed by atoms with van der Waals surface area (Å²) in [5, 5.41) is 0. The molecule has 0 fully saturated rings. The molecule has 0 saturated carbocycles. The van der Waals surface area contributed by atoms with Crippen molar-refractivity contribution in [1.29, 1.82) is 0 Å². The molecule has 0 aromatic heterocycles. The summed E-state index contributed by atoms with van der Waals surface area (Å²) in [6.45, 7) is 0. The van der Waals surface area contributed by atoms with Gasteiger partial charge >= 0.3 is 0 Å². The molecule has 4 nitrogen and oxygen atoms in total. The number of aliphatic imine (C=N–C) groups is 1. The number of rotatable bonds is 4. The van der Waals surface area contributed by atoms with Gasteiger partial charge in [0.25, 0.3) is 0 Å². The molecular weight excluding hydrogens is 326 g/mol. The van der Waals surface area contributed by atoms with E-state index in [-0.39, 0.29) is 6.10 Å². The first-order chi connectivity index (χ1) is 12.8. The van der Waals surface area contributed by atoms with Crippen LogP contribution in [0.2, 0.25) is 0 Å². The Hall–Kier alpha value is -3.27. The number of nitrogens with zero attached hydrogens (tertiary/aromatic N) is 1. The van der Waals surface area contributed by atoms with Gasteiger partial charge in [0.15, 0.2) is 6.10 Å². The fourth-order valence-electron chi connectivity index (χ4n) is 3.01. The predicted octanol–water partition coefficient (Wildman–Crippen LogP) is 4.90. The van der Waals surface area contributed by atoms with Crippen molar-refractivity contribution in [3.8, 4) is 11.5 Å². The Balaban J connectivity index is 1.74. The summed E-state index contributed by atoms with van der Waals surface area (Å²) in [4.78, 5) is 4.71. The Bertz CT molecular complexity index is 930. The third-order valence-corrected chi connectivity index (χ3v) is 4.43. The highest BCUT2D eigenvalue weighted by Gasteiger charge is 2.26. The van der Waals surface area contributed by atoms with Crippen LogP contribution in [0.25, 0.3) is 0 Å². The predicted molar refractivity (Wildman–Crippen MR) is 102 cm³/mol. The van der Waals surface area contributed by atoms with Crippen LogP contribution in [0.5, 0.6) is 11.5 Å². The van der Waals surface area contributed by atoms with E-state index in [0.717, 1.165) is 33.9 Å². The quantitative estimate of drug-likeness (QED) is 0.675. The topological polar surface area (TPSA) is 40.0 Å². The van der Waals surface area contributed by atoms with Crippen LogP contribution in [0, 0.1) is 0 Å². The lowest BCUT2D eigenvalue weighted by atomic mass is 9.98. The van der Waals surface area contributed by atoms with Gasteiger partial charge in [0.1, 0.15) is 11.5 Å². The van der Waals surface area contributed by atoms with E-state index in [2.05, 4.69) is 6.07 Å². The van der Waals surface area contributed by atoms with Crippen LogP contribution in [0.1, 0.15) is 22.8 Å². The smallest absolute Gasteiger partial charge is 0.222 e. The van der Waals surface area contributed by atoms with Gasteiger partial charge in [0.05, 0.1) is 19.9 Å². The number of fused-ring (bicyclic) bond motifs is 1. The first-order valence-electron chi connectivity index (χ1n) is 8.41. The van der Waals surface area contributed by atoms with Crippen LogP contribution < -0.4 is 9.47 Å². The molecule has 3 aromatic rings. The molecule has 0 saturated heterocycles. The number of ether oxygens (including phenoxy) is 3. The van der Waals surface area contributed by atoms with E-state index in [1.165, 1.54) is 0 Å². The molecule has 26 heavy (non-hydrogen) atoms. The maximum atomic E-state index is 6.30. The molecule has 0 aliphatic carbocycles. The highest BCUT2D eigenvalue weighted by molar-refractivity contribution is 5.97. The molecule has 4 heteroatoms. The molecule has 4 rings (SSSR count). The van der Waals surface area contributed by atoms with E-state index in [0.29, 0.717) is 5.90 Å². The lowest BCUT2D eigenvalue weighted by molar-refractivity contribution is 0.229. The Morgan fingerprint density at radius 2 is 1.38 bits per heavy atom. The van der Waals surface area contributed by atoms with E-state index >= 15 is 0 Å². The second-order valence-corrected chi connectivity index (χ2v) is 5.98. The molecular formula is C22H19NO3. The summed E-state index contributed by atoms with van der Waals surface area (Å²) in [5.74, 6) is 2.23. The minimum Gasteiger partial charge on any atom is -0.497 e. The van der Waals surface area contributed by atoms with E-state index in [4.69, 9.17) is 19.2 Å². The number of hydrogen-bond donors (Lipinski definition) is 0. The van der Waals surface area contributed by atoms with Gasteiger partial charge in [-0.25, -0.2) is 4.99 Å². The van der Waals surface area contributed by atoms with Crippen LogP contribution in [0.3, 0.4) is 0 Å².